The van der Waals surface area contributed by atoms with E-state index in [2.05, 4.69) is 10.3 Å². The third kappa shape index (κ3) is 4.98. The minimum Gasteiger partial charge on any atom is -0.474 e. The van der Waals surface area contributed by atoms with Gasteiger partial charge in [-0.2, -0.15) is 5.26 Å². The van der Waals surface area contributed by atoms with E-state index in [9.17, 15) is 4.79 Å². The van der Waals surface area contributed by atoms with Crippen LogP contribution in [0, 0.1) is 11.3 Å². The fourth-order valence-corrected chi connectivity index (χ4v) is 3.19. The van der Waals surface area contributed by atoms with Gasteiger partial charge in [0.05, 0.1) is 5.56 Å². The van der Waals surface area contributed by atoms with Crippen LogP contribution in [-0.4, -0.2) is 37.1 Å². The number of carbonyl (C=O) groups is 1. The summed E-state index contributed by atoms with van der Waals surface area (Å²) in [6.07, 6.45) is 5.10. The molecule has 1 amide bonds. The van der Waals surface area contributed by atoms with E-state index in [0.717, 1.165) is 31.4 Å². The van der Waals surface area contributed by atoms with Gasteiger partial charge < -0.3 is 15.0 Å². The lowest BCUT2D eigenvalue weighted by Gasteiger charge is -2.29. The minimum absolute atomic E-state index is 0.0292. The molecule has 0 atom stereocenters. The molecule has 0 bridgehead atoms. The van der Waals surface area contributed by atoms with Crippen molar-refractivity contribution in [3.05, 3.63) is 53.7 Å². The first kappa shape index (κ1) is 18.7. The maximum Gasteiger partial charge on any atom is 0.251 e. The first-order chi connectivity index (χ1) is 13.0. The van der Waals surface area contributed by atoms with E-state index in [-0.39, 0.29) is 18.1 Å². The fourth-order valence-electron chi connectivity index (χ4n) is 3.19. The summed E-state index contributed by atoms with van der Waals surface area (Å²) < 4.78 is 5.89. The van der Waals surface area contributed by atoms with Crippen LogP contribution in [0.5, 0.6) is 5.88 Å². The Bertz CT molecular complexity index is 802. The van der Waals surface area contributed by atoms with Gasteiger partial charge in [-0.05, 0) is 56.0 Å². The Morgan fingerprint density at radius 3 is 2.41 bits per heavy atom. The van der Waals surface area contributed by atoms with Crippen LogP contribution in [0.15, 0.2) is 42.6 Å². The lowest BCUT2D eigenvalue weighted by molar-refractivity contribution is 0.0890. The monoisotopic (exact) mass is 364 g/mol. The molecule has 1 heterocycles. The largest absolute Gasteiger partial charge is 0.474 e. The summed E-state index contributed by atoms with van der Waals surface area (Å²) in [5.74, 6) is 0.515. The molecule has 0 aliphatic heterocycles. The molecule has 1 aliphatic rings. The average molecular weight is 364 g/mol. The van der Waals surface area contributed by atoms with E-state index in [4.69, 9.17) is 10.00 Å². The molecule has 0 unspecified atom stereocenters. The van der Waals surface area contributed by atoms with Crippen LogP contribution in [0.25, 0.3) is 0 Å². The zero-order valence-corrected chi connectivity index (χ0v) is 15.7. The van der Waals surface area contributed by atoms with Gasteiger partial charge in [0.25, 0.3) is 5.91 Å². The van der Waals surface area contributed by atoms with Crippen LogP contribution < -0.4 is 15.0 Å². The van der Waals surface area contributed by atoms with E-state index in [1.54, 1.807) is 12.1 Å². The second kappa shape index (κ2) is 8.54. The number of hydrogen-bond donors (Lipinski definition) is 1. The molecule has 1 aromatic heterocycles. The summed E-state index contributed by atoms with van der Waals surface area (Å²) in [6, 6.07) is 13.3. The second-order valence-corrected chi connectivity index (χ2v) is 7.00. The molecule has 2 aromatic rings. The number of pyridine rings is 1. The van der Waals surface area contributed by atoms with Crippen LogP contribution in [0.1, 0.15) is 41.6 Å². The van der Waals surface area contributed by atoms with Gasteiger partial charge in [-0.15, -0.1) is 0 Å². The van der Waals surface area contributed by atoms with E-state index < -0.39 is 0 Å². The minimum atomic E-state index is -0.0292. The van der Waals surface area contributed by atoms with Crippen molar-refractivity contribution in [2.75, 3.05) is 19.0 Å². The SMILES string of the molecule is CN(C)c1ccc(C(=O)NC2CCC(Oc3ccc(C#N)cn3)CC2)cc1. The van der Waals surface area contributed by atoms with Crippen molar-refractivity contribution in [1.82, 2.24) is 10.3 Å². The highest BCUT2D eigenvalue weighted by atomic mass is 16.5. The van der Waals surface area contributed by atoms with Gasteiger partial charge in [0.15, 0.2) is 0 Å². The van der Waals surface area contributed by atoms with Crippen LogP contribution in [-0.2, 0) is 0 Å². The lowest BCUT2D eigenvalue weighted by atomic mass is 9.92. The number of hydrogen-bond acceptors (Lipinski definition) is 5. The number of amides is 1. The molecule has 0 radical (unpaired) electrons. The van der Waals surface area contributed by atoms with E-state index in [0.29, 0.717) is 17.0 Å². The number of nitriles is 1. The number of benzene rings is 1. The smallest absolute Gasteiger partial charge is 0.251 e. The second-order valence-electron chi connectivity index (χ2n) is 7.00. The molecular weight excluding hydrogens is 340 g/mol. The number of nitrogens with one attached hydrogen (secondary N) is 1. The quantitative estimate of drug-likeness (QED) is 0.882. The first-order valence-electron chi connectivity index (χ1n) is 9.16. The summed E-state index contributed by atoms with van der Waals surface area (Å²) in [7, 11) is 3.95. The standard InChI is InChI=1S/C21H24N4O2/c1-25(2)18-8-4-16(5-9-18)21(26)24-17-6-10-19(11-7-17)27-20-12-3-15(13-22)14-23-20/h3-5,8-9,12,14,17,19H,6-7,10-11H2,1-2H3,(H,24,26). The van der Waals surface area contributed by atoms with Crippen molar-refractivity contribution in [3.63, 3.8) is 0 Å². The molecule has 1 aliphatic carbocycles. The van der Waals surface area contributed by atoms with Crippen molar-refractivity contribution >= 4 is 11.6 Å². The van der Waals surface area contributed by atoms with Crippen molar-refractivity contribution in [3.8, 4) is 11.9 Å². The molecule has 1 aromatic carbocycles. The predicted octanol–water partition coefficient (Wildman–Crippen LogP) is 3.14. The van der Waals surface area contributed by atoms with Crippen LogP contribution >= 0.6 is 0 Å². The molecule has 3 rings (SSSR count). The molecule has 1 fully saturated rings. The van der Waals surface area contributed by atoms with E-state index in [1.807, 2.05) is 49.3 Å². The molecular formula is C21H24N4O2. The van der Waals surface area contributed by atoms with Gasteiger partial charge >= 0.3 is 0 Å². The summed E-state index contributed by atoms with van der Waals surface area (Å²) in [6.45, 7) is 0. The van der Waals surface area contributed by atoms with Gasteiger partial charge in [0, 0.05) is 43.7 Å². The van der Waals surface area contributed by atoms with Crippen LogP contribution in [0.2, 0.25) is 0 Å². The van der Waals surface area contributed by atoms with Gasteiger partial charge in [0.1, 0.15) is 12.2 Å². The maximum atomic E-state index is 12.4. The molecule has 1 N–H and O–H groups in total. The summed E-state index contributed by atoms with van der Waals surface area (Å²) in [5.41, 5.74) is 2.27. The Balaban J connectivity index is 1.47. The summed E-state index contributed by atoms with van der Waals surface area (Å²) in [4.78, 5) is 18.6. The van der Waals surface area contributed by atoms with Gasteiger partial charge in [0.2, 0.25) is 5.88 Å². The van der Waals surface area contributed by atoms with Gasteiger partial charge in [-0.3, -0.25) is 4.79 Å². The Morgan fingerprint density at radius 1 is 1.15 bits per heavy atom. The first-order valence-corrected chi connectivity index (χ1v) is 9.16. The molecule has 6 heteroatoms. The van der Waals surface area contributed by atoms with Crippen molar-refractivity contribution < 1.29 is 9.53 Å². The molecule has 0 spiro atoms. The molecule has 140 valence electrons. The summed E-state index contributed by atoms with van der Waals surface area (Å²) >= 11 is 0. The Morgan fingerprint density at radius 2 is 1.85 bits per heavy atom. The lowest BCUT2D eigenvalue weighted by Crippen LogP contribution is -2.39. The van der Waals surface area contributed by atoms with E-state index in [1.165, 1.54) is 6.20 Å². The topological polar surface area (TPSA) is 78.3 Å². The van der Waals surface area contributed by atoms with Crippen LogP contribution in [0.3, 0.4) is 0 Å². The zero-order valence-electron chi connectivity index (χ0n) is 15.7. The highest BCUT2D eigenvalue weighted by molar-refractivity contribution is 5.94. The highest BCUT2D eigenvalue weighted by Gasteiger charge is 2.24. The number of carbonyl (C=O) groups excluding carboxylic acids is 1. The Hall–Kier alpha value is -3.07. The zero-order chi connectivity index (χ0) is 19.2. The average Bonchev–Trinajstić information content (AvgIpc) is 2.70. The molecule has 27 heavy (non-hydrogen) atoms. The van der Waals surface area contributed by atoms with Crippen molar-refractivity contribution in [1.29, 1.82) is 5.26 Å². The maximum absolute atomic E-state index is 12.4. The Kier molecular flexibility index (Phi) is 5.92. The number of aromatic nitrogens is 1. The summed E-state index contributed by atoms with van der Waals surface area (Å²) in [5, 5.41) is 11.9. The molecule has 6 nitrogen and oxygen atoms in total. The Labute approximate surface area is 159 Å². The number of rotatable bonds is 5. The molecule has 1 saturated carbocycles. The van der Waals surface area contributed by atoms with Crippen molar-refractivity contribution in [2.24, 2.45) is 0 Å². The third-order valence-electron chi connectivity index (χ3n) is 4.81. The molecule has 0 saturated heterocycles. The van der Waals surface area contributed by atoms with Crippen molar-refractivity contribution in [2.45, 2.75) is 37.8 Å². The normalized spacial score (nSPS) is 19.0. The van der Waals surface area contributed by atoms with Crippen LogP contribution in [0.4, 0.5) is 5.69 Å². The fraction of sp³-hybridized carbons (Fsp3) is 0.381. The van der Waals surface area contributed by atoms with Gasteiger partial charge in [-0.25, -0.2) is 4.98 Å². The predicted molar refractivity (Wildman–Crippen MR) is 104 cm³/mol. The van der Waals surface area contributed by atoms with E-state index >= 15 is 0 Å². The third-order valence-corrected chi connectivity index (χ3v) is 4.81. The number of nitrogens with zero attached hydrogens (tertiary/aromatic N) is 3. The van der Waals surface area contributed by atoms with Gasteiger partial charge in [-0.1, -0.05) is 0 Å². The number of ether oxygens (including phenoxy) is 1. The highest BCUT2D eigenvalue weighted by Crippen LogP contribution is 2.23. The number of anilines is 1.